The van der Waals surface area contributed by atoms with Crippen LogP contribution in [0.4, 0.5) is 11.8 Å². The molecule has 0 radical (unpaired) electrons. The molecule has 0 atom stereocenters. The molecule has 0 aliphatic heterocycles. The topological polar surface area (TPSA) is 53.1 Å². The highest BCUT2D eigenvalue weighted by Gasteiger charge is 2.18. The Morgan fingerprint density at radius 3 is 2.80 bits per heavy atom. The predicted molar refractivity (Wildman–Crippen MR) is 84.6 cm³/mol. The van der Waals surface area contributed by atoms with E-state index in [1.165, 1.54) is 25.7 Å². The molecule has 2 N–H and O–H groups in total. The van der Waals surface area contributed by atoms with Gasteiger partial charge in [-0.2, -0.15) is 4.98 Å². The Morgan fingerprint density at radius 2 is 2.10 bits per heavy atom. The second kappa shape index (κ2) is 7.64. The van der Waals surface area contributed by atoms with Gasteiger partial charge in [0.1, 0.15) is 5.02 Å². The first-order chi connectivity index (χ1) is 9.70. The van der Waals surface area contributed by atoms with Crippen LogP contribution in [0, 0.1) is 0 Å². The molecule has 0 unspecified atom stereocenters. The fourth-order valence-electron chi connectivity index (χ4n) is 2.61. The van der Waals surface area contributed by atoms with E-state index in [1.54, 1.807) is 6.20 Å². The number of rotatable bonds is 7. The summed E-state index contributed by atoms with van der Waals surface area (Å²) in [7, 11) is 2.20. The summed E-state index contributed by atoms with van der Waals surface area (Å²) < 4.78 is 0. The average molecular weight is 298 g/mol. The van der Waals surface area contributed by atoms with Crippen molar-refractivity contribution >= 4 is 23.4 Å². The molecule has 0 amide bonds. The monoisotopic (exact) mass is 297 g/mol. The predicted octanol–water partition coefficient (Wildman–Crippen LogP) is 2.85. The highest BCUT2D eigenvalue weighted by atomic mass is 35.5. The van der Waals surface area contributed by atoms with Gasteiger partial charge in [-0.25, -0.2) is 4.98 Å². The van der Waals surface area contributed by atoms with Gasteiger partial charge in [-0.15, -0.1) is 0 Å². The first kappa shape index (κ1) is 15.3. The fourth-order valence-corrected chi connectivity index (χ4v) is 2.77. The zero-order valence-electron chi connectivity index (χ0n) is 12.3. The van der Waals surface area contributed by atoms with Gasteiger partial charge in [0.25, 0.3) is 0 Å². The van der Waals surface area contributed by atoms with E-state index < -0.39 is 0 Å². The lowest BCUT2D eigenvalue weighted by molar-refractivity contribution is 0.254. The van der Waals surface area contributed by atoms with Crippen molar-refractivity contribution in [2.24, 2.45) is 0 Å². The Hall–Kier alpha value is -1.07. The Balaban J connectivity index is 1.82. The van der Waals surface area contributed by atoms with Gasteiger partial charge in [-0.3, -0.25) is 0 Å². The molecule has 2 rings (SSSR count). The highest BCUT2D eigenvalue weighted by molar-refractivity contribution is 6.32. The minimum absolute atomic E-state index is 0.565. The molecule has 112 valence electrons. The largest absolute Gasteiger partial charge is 0.367 e. The molecule has 20 heavy (non-hydrogen) atoms. The van der Waals surface area contributed by atoms with Gasteiger partial charge >= 0.3 is 0 Å². The molecular weight excluding hydrogens is 274 g/mol. The second-order valence-corrected chi connectivity index (χ2v) is 5.67. The molecule has 1 aromatic rings. The summed E-state index contributed by atoms with van der Waals surface area (Å²) in [6.07, 6.45) is 7.03. The van der Waals surface area contributed by atoms with Gasteiger partial charge in [0.2, 0.25) is 5.95 Å². The van der Waals surface area contributed by atoms with Crippen molar-refractivity contribution < 1.29 is 0 Å². The van der Waals surface area contributed by atoms with Crippen molar-refractivity contribution in [3.05, 3.63) is 11.2 Å². The molecule has 0 spiro atoms. The first-order valence-corrected chi connectivity index (χ1v) is 7.79. The molecular formula is C14H24ClN5. The molecule has 0 saturated heterocycles. The highest BCUT2D eigenvalue weighted by Crippen LogP contribution is 2.22. The molecule has 1 heterocycles. The van der Waals surface area contributed by atoms with Crippen molar-refractivity contribution in [3.63, 3.8) is 0 Å². The van der Waals surface area contributed by atoms with Crippen LogP contribution in [0.5, 0.6) is 0 Å². The van der Waals surface area contributed by atoms with Crippen molar-refractivity contribution in [2.75, 3.05) is 37.3 Å². The van der Waals surface area contributed by atoms with E-state index in [2.05, 4.69) is 32.5 Å². The lowest BCUT2D eigenvalue weighted by Gasteiger charge is -2.24. The standard InChI is InChI=1S/C14H24ClN5/c1-3-16-14-18-10-12(15)13(19-14)17-8-9-20(2)11-6-4-5-7-11/h10-11H,3-9H2,1-2H3,(H2,16,17,18,19). The molecule has 1 aromatic heterocycles. The van der Waals surface area contributed by atoms with Crippen LogP contribution in [0.15, 0.2) is 6.20 Å². The third-order valence-electron chi connectivity index (χ3n) is 3.78. The SMILES string of the molecule is CCNc1ncc(Cl)c(NCCN(C)C2CCCC2)n1. The zero-order chi connectivity index (χ0) is 14.4. The normalized spacial score (nSPS) is 15.8. The van der Waals surface area contributed by atoms with E-state index in [-0.39, 0.29) is 0 Å². The summed E-state index contributed by atoms with van der Waals surface area (Å²) in [6, 6.07) is 0.745. The van der Waals surface area contributed by atoms with E-state index in [4.69, 9.17) is 11.6 Å². The van der Waals surface area contributed by atoms with E-state index in [9.17, 15) is 0 Å². The van der Waals surface area contributed by atoms with Gasteiger partial charge in [0.05, 0.1) is 6.20 Å². The summed E-state index contributed by atoms with van der Waals surface area (Å²) in [5.74, 6) is 1.32. The molecule has 5 nitrogen and oxygen atoms in total. The molecule has 6 heteroatoms. The summed E-state index contributed by atoms with van der Waals surface area (Å²) in [4.78, 5) is 10.9. The number of aromatic nitrogens is 2. The van der Waals surface area contributed by atoms with Gasteiger partial charge < -0.3 is 15.5 Å². The maximum Gasteiger partial charge on any atom is 0.224 e. The number of nitrogens with one attached hydrogen (secondary N) is 2. The molecule has 1 saturated carbocycles. The number of likely N-dealkylation sites (N-methyl/N-ethyl adjacent to an activating group) is 1. The van der Waals surface area contributed by atoms with Crippen molar-refractivity contribution in [3.8, 4) is 0 Å². The minimum Gasteiger partial charge on any atom is -0.367 e. The van der Waals surface area contributed by atoms with E-state index in [0.29, 0.717) is 16.8 Å². The van der Waals surface area contributed by atoms with Crippen LogP contribution in [-0.4, -0.2) is 47.6 Å². The van der Waals surface area contributed by atoms with Crippen LogP contribution in [0.1, 0.15) is 32.6 Å². The minimum atomic E-state index is 0.565. The molecule has 1 aliphatic carbocycles. The first-order valence-electron chi connectivity index (χ1n) is 7.41. The Bertz CT molecular complexity index is 420. The third-order valence-corrected chi connectivity index (χ3v) is 4.06. The number of hydrogen-bond donors (Lipinski definition) is 2. The fraction of sp³-hybridized carbons (Fsp3) is 0.714. The quantitative estimate of drug-likeness (QED) is 0.810. The number of anilines is 2. The number of halogens is 1. The molecule has 0 aromatic carbocycles. The third kappa shape index (κ3) is 4.21. The molecule has 0 bridgehead atoms. The van der Waals surface area contributed by atoms with Crippen molar-refractivity contribution in [1.29, 1.82) is 0 Å². The lowest BCUT2D eigenvalue weighted by atomic mass is 10.2. The molecule has 1 fully saturated rings. The lowest BCUT2D eigenvalue weighted by Crippen LogP contribution is -2.33. The Morgan fingerprint density at radius 1 is 1.35 bits per heavy atom. The van der Waals surface area contributed by atoms with Crippen LogP contribution in [-0.2, 0) is 0 Å². The van der Waals surface area contributed by atoms with Crippen LogP contribution < -0.4 is 10.6 Å². The van der Waals surface area contributed by atoms with E-state index >= 15 is 0 Å². The van der Waals surface area contributed by atoms with Gasteiger partial charge in [0, 0.05) is 25.7 Å². The van der Waals surface area contributed by atoms with Crippen LogP contribution in [0.3, 0.4) is 0 Å². The van der Waals surface area contributed by atoms with Gasteiger partial charge in [-0.1, -0.05) is 24.4 Å². The number of nitrogens with zero attached hydrogens (tertiary/aromatic N) is 3. The van der Waals surface area contributed by atoms with E-state index in [1.807, 2.05) is 6.92 Å². The average Bonchev–Trinajstić information content (AvgIpc) is 2.96. The summed E-state index contributed by atoms with van der Waals surface area (Å²) in [5.41, 5.74) is 0. The Labute approximate surface area is 126 Å². The van der Waals surface area contributed by atoms with Gasteiger partial charge in [0.15, 0.2) is 5.82 Å². The summed E-state index contributed by atoms with van der Waals surface area (Å²) in [5, 5.41) is 6.95. The summed E-state index contributed by atoms with van der Waals surface area (Å²) >= 11 is 6.11. The van der Waals surface area contributed by atoms with Crippen LogP contribution in [0.2, 0.25) is 5.02 Å². The van der Waals surface area contributed by atoms with E-state index in [0.717, 1.165) is 25.7 Å². The maximum absolute atomic E-state index is 6.11. The maximum atomic E-state index is 6.11. The zero-order valence-corrected chi connectivity index (χ0v) is 13.1. The Kier molecular flexibility index (Phi) is 5.86. The van der Waals surface area contributed by atoms with Crippen LogP contribution >= 0.6 is 11.6 Å². The van der Waals surface area contributed by atoms with Crippen molar-refractivity contribution in [1.82, 2.24) is 14.9 Å². The van der Waals surface area contributed by atoms with Crippen LogP contribution in [0.25, 0.3) is 0 Å². The molecule has 1 aliphatic rings. The smallest absolute Gasteiger partial charge is 0.224 e. The second-order valence-electron chi connectivity index (χ2n) is 5.27. The summed E-state index contributed by atoms with van der Waals surface area (Å²) in [6.45, 7) is 4.66. The van der Waals surface area contributed by atoms with Gasteiger partial charge in [-0.05, 0) is 26.8 Å². The van der Waals surface area contributed by atoms with Crippen molar-refractivity contribution in [2.45, 2.75) is 38.6 Å². The number of hydrogen-bond acceptors (Lipinski definition) is 5.